The molecule has 0 radical (unpaired) electrons. The summed E-state index contributed by atoms with van der Waals surface area (Å²) in [7, 11) is 0. The lowest BCUT2D eigenvalue weighted by Gasteiger charge is -2.32. The van der Waals surface area contributed by atoms with E-state index in [1.807, 2.05) is 29.2 Å². The van der Waals surface area contributed by atoms with Gasteiger partial charge in [0, 0.05) is 56.0 Å². The highest BCUT2D eigenvalue weighted by molar-refractivity contribution is 5.85. The summed E-state index contributed by atoms with van der Waals surface area (Å²) in [4.78, 5) is 21.2. The fourth-order valence-corrected chi connectivity index (χ4v) is 4.16. The second kappa shape index (κ2) is 11.6. The Bertz CT molecular complexity index is 1400. The van der Waals surface area contributed by atoms with Crippen LogP contribution in [0.15, 0.2) is 63.9 Å². The van der Waals surface area contributed by atoms with Gasteiger partial charge in [-0.05, 0) is 29.8 Å². The van der Waals surface area contributed by atoms with Crippen molar-refractivity contribution in [1.29, 1.82) is 0 Å². The average Bonchev–Trinajstić information content (AvgIpc) is 3.36. The highest BCUT2D eigenvalue weighted by Gasteiger charge is 2.21. The Labute approximate surface area is 217 Å². The van der Waals surface area contributed by atoms with Crippen LogP contribution in [0.1, 0.15) is 5.56 Å². The van der Waals surface area contributed by atoms with Crippen LogP contribution >= 0.6 is 12.4 Å². The number of anilines is 1. The van der Waals surface area contributed by atoms with E-state index in [1.165, 1.54) is 28.9 Å². The van der Waals surface area contributed by atoms with E-state index in [0.717, 1.165) is 43.4 Å². The third kappa shape index (κ3) is 6.19. The number of hydrogen-bond donors (Lipinski definition) is 1. The van der Waals surface area contributed by atoms with Gasteiger partial charge < -0.3 is 14.5 Å². The van der Waals surface area contributed by atoms with Gasteiger partial charge >= 0.3 is 6.01 Å². The number of hydrogen-bond acceptors (Lipinski definition) is 8. The van der Waals surface area contributed by atoms with Gasteiger partial charge in [-0.25, -0.2) is 13.5 Å². The molecule has 4 aromatic rings. The number of halogens is 3. The molecule has 0 unspecified atom stereocenters. The van der Waals surface area contributed by atoms with Crippen molar-refractivity contribution < 1.29 is 18.4 Å². The van der Waals surface area contributed by atoms with E-state index >= 15 is 0 Å². The van der Waals surface area contributed by atoms with Crippen LogP contribution in [0.3, 0.4) is 0 Å². The van der Waals surface area contributed by atoms with Crippen LogP contribution in [-0.4, -0.2) is 69.3 Å². The minimum absolute atomic E-state index is 0. The zero-order valence-electron chi connectivity index (χ0n) is 19.8. The molecule has 1 aliphatic heterocycles. The number of aromatic nitrogens is 4. The molecule has 1 saturated heterocycles. The first-order valence-corrected chi connectivity index (χ1v) is 11.5. The van der Waals surface area contributed by atoms with E-state index in [0.29, 0.717) is 18.4 Å². The van der Waals surface area contributed by atoms with E-state index < -0.39 is 11.6 Å². The molecule has 2 aromatic heterocycles. The highest BCUT2D eigenvalue weighted by atomic mass is 35.5. The first-order valence-electron chi connectivity index (χ1n) is 11.5. The Hall–Kier alpha value is -3.67. The van der Waals surface area contributed by atoms with E-state index in [2.05, 4.69) is 20.1 Å². The number of aliphatic hydroxyl groups is 1. The van der Waals surface area contributed by atoms with Crippen LogP contribution in [0.5, 0.6) is 0 Å². The predicted molar refractivity (Wildman–Crippen MR) is 136 cm³/mol. The maximum absolute atomic E-state index is 13.6. The first kappa shape index (κ1) is 26.4. The summed E-state index contributed by atoms with van der Waals surface area (Å²) in [5.74, 6) is -1.01. The first-order chi connectivity index (χ1) is 17.5. The van der Waals surface area contributed by atoms with Gasteiger partial charge in [-0.3, -0.25) is 9.69 Å². The highest BCUT2D eigenvalue weighted by Crippen LogP contribution is 2.23. The zero-order valence-corrected chi connectivity index (χ0v) is 20.6. The SMILES string of the molecule is Cl.O=c1ccc(-c2cc(F)cc(F)c2)nn1Cc1cccc(-c2noc(N3CCN(CCO)CC3)n2)c1. The molecular weight excluding hydrogens is 506 g/mol. The number of piperazine rings is 1. The zero-order chi connectivity index (χ0) is 25.1. The molecule has 0 saturated carbocycles. The lowest BCUT2D eigenvalue weighted by Crippen LogP contribution is -2.47. The molecule has 0 spiro atoms. The Morgan fingerprint density at radius 3 is 2.43 bits per heavy atom. The quantitative estimate of drug-likeness (QED) is 0.389. The minimum Gasteiger partial charge on any atom is -0.395 e. The summed E-state index contributed by atoms with van der Waals surface area (Å²) in [5.41, 5.74) is 1.67. The Morgan fingerprint density at radius 2 is 1.70 bits per heavy atom. The van der Waals surface area contributed by atoms with Crippen molar-refractivity contribution in [3.63, 3.8) is 0 Å². The second-order valence-electron chi connectivity index (χ2n) is 8.53. The summed E-state index contributed by atoms with van der Waals surface area (Å²) < 4.78 is 34.0. The Morgan fingerprint density at radius 1 is 0.946 bits per heavy atom. The summed E-state index contributed by atoms with van der Waals surface area (Å²) in [6.45, 7) is 3.99. The molecular formula is C25H25ClF2N6O3. The molecule has 37 heavy (non-hydrogen) atoms. The van der Waals surface area contributed by atoms with Gasteiger partial charge in [-0.2, -0.15) is 10.1 Å². The van der Waals surface area contributed by atoms with Crippen LogP contribution in [0.25, 0.3) is 22.6 Å². The number of β-amino-alcohol motifs (C(OH)–C–C–N with tert-alkyl or cyclic N) is 1. The number of benzene rings is 2. The Balaban J connectivity index is 0.00000320. The van der Waals surface area contributed by atoms with Gasteiger partial charge in [-0.15, -0.1) is 12.4 Å². The standard InChI is InChI=1S/C25H24F2N6O3.ClH/c26-20-13-19(14-21(27)15-20)22-4-5-23(35)33(29-22)16-17-2-1-3-18(12-17)24-28-25(36-30-24)32-8-6-31(7-9-32)10-11-34;/h1-5,12-15,34H,6-11,16H2;1H. The summed E-state index contributed by atoms with van der Waals surface area (Å²) in [6.07, 6.45) is 0. The second-order valence-corrected chi connectivity index (χ2v) is 8.53. The predicted octanol–water partition coefficient (Wildman–Crippen LogP) is 2.82. The Kier molecular flexibility index (Phi) is 8.27. The van der Waals surface area contributed by atoms with Gasteiger partial charge in [-0.1, -0.05) is 23.4 Å². The van der Waals surface area contributed by atoms with Gasteiger partial charge in [0.15, 0.2) is 0 Å². The van der Waals surface area contributed by atoms with Gasteiger partial charge in [0.2, 0.25) is 5.82 Å². The molecule has 9 nitrogen and oxygen atoms in total. The normalized spacial score (nSPS) is 14.0. The van der Waals surface area contributed by atoms with Gasteiger partial charge in [0.05, 0.1) is 18.8 Å². The van der Waals surface area contributed by atoms with Crippen molar-refractivity contribution in [2.24, 2.45) is 0 Å². The molecule has 0 atom stereocenters. The maximum Gasteiger partial charge on any atom is 0.324 e. The minimum atomic E-state index is -0.719. The van der Waals surface area contributed by atoms with Crippen molar-refractivity contribution in [1.82, 2.24) is 24.8 Å². The fraction of sp³-hybridized carbons (Fsp3) is 0.280. The lowest BCUT2D eigenvalue weighted by molar-refractivity contribution is 0.186. The monoisotopic (exact) mass is 530 g/mol. The van der Waals surface area contributed by atoms with Crippen molar-refractivity contribution in [2.75, 3.05) is 44.2 Å². The molecule has 0 bridgehead atoms. The van der Waals surface area contributed by atoms with Crippen LogP contribution in [0.4, 0.5) is 14.8 Å². The number of aliphatic hydroxyl groups excluding tert-OH is 1. The maximum atomic E-state index is 13.6. The summed E-state index contributed by atoms with van der Waals surface area (Å²) >= 11 is 0. The van der Waals surface area contributed by atoms with Crippen LogP contribution < -0.4 is 10.5 Å². The molecule has 3 heterocycles. The molecule has 1 fully saturated rings. The van der Waals surface area contributed by atoms with Gasteiger partial charge in [0.25, 0.3) is 5.56 Å². The molecule has 12 heteroatoms. The lowest BCUT2D eigenvalue weighted by atomic mass is 10.1. The van der Waals surface area contributed by atoms with Crippen LogP contribution in [-0.2, 0) is 6.54 Å². The molecule has 194 valence electrons. The number of nitrogens with zero attached hydrogens (tertiary/aromatic N) is 6. The van der Waals surface area contributed by atoms with Crippen LogP contribution in [0, 0.1) is 11.6 Å². The molecule has 0 aliphatic carbocycles. The summed E-state index contributed by atoms with van der Waals surface area (Å²) in [5, 5.41) is 17.5. The summed E-state index contributed by atoms with van der Waals surface area (Å²) in [6, 6.07) is 13.7. The van der Waals surface area contributed by atoms with Crippen molar-refractivity contribution in [3.8, 4) is 22.6 Å². The molecule has 2 aromatic carbocycles. The van der Waals surface area contributed by atoms with Gasteiger partial charge in [0.1, 0.15) is 11.6 Å². The van der Waals surface area contributed by atoms with Crippen molar-refractivity contribution >= 4 is 18.4 Å². The van der Waals surface area contributed by atoms with E-state index in [-0.39, 0.29) is 42.4 Å². The molecule has 0 amide bonds. The van der Waals surface area contributed by atoms with Crippen molar-refractivity contribution in [3.05, 3.63) is 82.1 Å². The number of rotatable bonds is 7. The smallest absolute Gasteiger partial charge is 0.324 e. The van der Waals surface area contributed by atoms with E-state index in [1.54, 1.807) is 0 Å². The van der Waals surface area contributed by atoms with Crippen LogP contribution in [0.2, 0.25) is 0 Å². The fourth-order valence-electron chi connectivity index (χ4n) is 4.16. The van der Waals surface area contributed by atoms with E-state index in [4.69, 9.17) is 9.63 Å². The molecule has 1 aliphatic rings. The largest absolute Gasteiger partial charge is 0.395 e. The molecule has 1 N–H and O–H groups in total. The third-order valence-electron chi connectivity index (χ3n) is 6.02. The molecule has 5 rings (SSSR count). The van der Waals surface area contributed by atoms with Crippen molar-refractivity contribution in [2.45, 2.75) is 6.54 Å². The van der Waals surface area contributed by atoms with E-state index in [9.17, 15) is 13.6 Å². The average molecular weight is 531 g/mol. The third-order valence-corrected chi connectivity index (χ3v) is 6.02. The topological polar surface area (TPSA) is 101 Å².